The lowest BCUT2D eigenvalue weighted by atomic mass is 10.2. The van der Waals surface area contributed by atoms with Crippen LogP contribution in [0, 0.1) is 0 Å². The minimum atomic E-state index is -0.168. The number of carbonyl (C=O) groups excluding carboxylic acids is 1. The number of fused-ring (bicyclic) bond motifs is 1. The molecule has 2 aromatic heterocycles. The van der Waals surface area contributed by atoms with Gasteiger partial charge in [-0.3, -0.25) is 4.79 Å². The number of nitrogens with zero attached hydrogens (tertiary/aromatic N) is 2. The Hall–Kier alpha value is -3.74. The Morgan fingerprint density at radius 3 is 2.61 bits per heavy atom. The molecule has 7 heteroatoms. The van der Waals surface area contributed by atoms with Crippen LogP contribution in [-0.2, 0) is 13.0 Å². The third-order valence-corrected chi connectivity index (χ3v) is 5.48. The van der Waals surface area contributed by atoms with Gasteiger partial charge in [-0.1, -0.05) is 18.6 Å². The number of imidazole rings is 1. The molecule has 0 aliphatic rings. The van der Waals surface area contributed by atoms with E-state index >= 15 is 0 Å². The zero-order valence-corrected chi connectivity index (χ0v) is 18.8. The van der Waals surface area contributed by atoms with Gasteiger partial charge in [-0.25, -0.2) is 4.98 Å². The zero-order chi connectivity index (χ0) is 22.9. The summed E-state index contributed by atoms with van der Waals surface area (Å²) in [4.78, 5) is 16.8. The summed E-state index contributed by atoms with van der Waals surface area (Å²) in [6, 6.07) is 19.2. The smallest absolute Gasteiger partial charge is 0.286 e. The van der Waals surface area contributed by atoms with Crippen LogP contribution in [0.2, 0.25) is 0 Å². The molecule has 0 aliphatic carbocycles. The van der Waals surface area contributed by atoms with E-state index in [1.54, 1.807) is 19.2 Å². The highest BCUT2D eigenvalue weighted by molar-refractivity contribution is 5.91. The summed E-state index contributed by atoms with van der Waals surface area (Å²) in [5.74, 6) is 2.87. The SMILES string of the molecule is COc1ccc(OCCn2c(CCCCCNC(=O)c3ccco3)nc3ccccc32)cc1. The number of methoxy groups -OCH3 is 1. The van der Waals surface area contributed by atoms with Gasteiger partial charge in [0.05, 0.1) is 31.0 Å². The number of unbranched alkanes of at least 4 members (excludes halogenated alkanes) is 2. The van der Waals surface area contributed by atoms with Gasteiger partial charge in [0, 0.05) is 13.0 Å². The van der Waals surface area contributed by atoms with Crippen molar-refractivity contribution in [1.82, 2.24) is 14.9 Å². The molecule has 0 radical (unpaired) electrons. The fourth-order valence-corrected chi connectivity index (χ4v) is 3.77. The third kappa shape index (κ3) is 5.94. The van der Waals surface area contributed by atoms with Gasteiger partial charge in [-0.05, 0) is 61.4 Å². The molecule has 0 aliphatic heterocycles. The van der Waals surface area contributed by atoms with Crippen molar-refractivity contribution < 1.29 is 18.7 Å². The number of rotatable bonds is 12. The largest absolute Gasteiger partial charge is 0.497 e. The Balaban J connectivity index is 1.27. The second-order valence-electron chi connectivity index (χ2n) is 7.74. The van der Waals surface area contributed by atoms with Gasteiger partial charge in [0.25, 0.3) is 5.91 Å². The number of aryl methyl sites for hydroxylation is 1. The summed E-state index contributed by atoms with van der Waals surface area (Å²) < 4.78 is 18.5. The molecule has 4 rings (SSSR count). The van der Waals surface area contributed by atoms with Crippen molar-refractivity contribution in [2.45, 2.75) is 32.2 Å². The average Bonchev–Trinajstić information content (AvgIpc) is 3.50. The molecule has 7 nitrogen and oxygen atoms in total. The molecular formula is C26H29N3O4. The molecule has 0 bridgehead atoms. The molecule has 0 saturated heterocycles. The van der Waals surface area contributed by atoms with E-state index < -0.39 is 0 Å². The van der Waals surface area contributed by atoms with E-state index in [0.717, 1.165) is 60.6 Å². The van der Waals surface area contributed by atoms with Gasteiger partial charge in [-0.15, -0.1) is 0 Å². The molecule has 0 fully saturated rings. The topological polar surface area (TPSA) is 78.5 Å². The summed E-state index contributed by atoms with van der Waals surface area (Å²) >= 11 is 0. The monoisotopic (exact) mass is 447 g/mol. The number of nitrogens with one attached hydrogen (secondary N) is 1. The van der Waals surface area contributed by atoms with Crippen molar-refractivity contribution in [3.8, 4) is 11.5 Å². The number of benzene rings is 2. The number of carbonyl (C=O) groups is 1. The van der Waals surface area contributed by atoms with Crippen molar-refractivity contribution in [2.24, 2.45) is 0 Å². The van der Waals surface area contributed by atoms with E-state index in [1.165, 1.54) is 6.26 Å². The van der Waals surface area contributed by atoms with Gasteiger partial charge < -0.3 is 23.8 Å². The van der Waals surface area contributed by atoms with Crippen molar-refractivity contribution in [1.29, 1.82) is 0 Å². The summed E-state index contributed by atoms with van der Waals surface area (Å²) in [5, 5.41) is 2.89. The van der Waals surface area contributed by atoms with Crippen LogP contribution in [0.5, 0.6) is 11.5 Å². The predicted octanol–water partition coefficient (Wildman–Crippen LogP) is 4.86. The molecule has 0 atom stereocenters. The van der Waals surface area contributed by atoms with Crippen LogP contribution in [-0.4, -0.2) is 35.7 Å². The fourth-order valence-electron chi connectivity index (χ4n) is 3.77. The molecule has 4 aromatic rings. The summed E-state index contributed by atoms with van der Waals surface area (Å²) in [7, 11) is 1.65. The lowest BCUT2D eigenvalue weighted by Crippen LogP contribution is -2.23. The fraction of sp³-hybridized carbons (Fsp3) is 0.308. The van der Waals surface area contributed by atoms with Crippen molar-refractivity contribution >= 4 is 16.9 Å². The van der Waals surface area contributed by atoms with Crippen LogP contribution >= 0.6 is 0 Å². The van der Waals surface area contributed by atoms with E-state index in [2.05, 4.69) is 16.0 Å². The summed E-state index contributed by atoms with van der Waals surface area (Å²) in [5.41, 5.74) is 2.12. The maximum absolute atomic E-state index is 11.9. The lowest BCUT2D eigenvalue weighted by molar-refractivity contribution is 0.0925. The van der Waals surface area contributed by atoms with Crippen LogP contribution in [0.3, 0.4) is 0 Å². The van der Waals surface area contributed by atoms with E-state index in [1.807, 2.05) is 42.5 Å². The van der Waals surface area contributed by atoms with Crippen LogP contribution in [0.25, 0.3) is 11.0 Å². The van der Waals surface area contributed by atoms with Crippen LogP contribution in [0.4, 0.5) is 0 Å². The van der Waals surface area contributed by atoms with Crippen LogP contribution in [0.1, 0.15) is 35.6 Å². The van der Waals surface area contributed by atoms with Crippen molar-refractivity contribution in [3.63, 3.8) is 0 Å². The minimum Gasteiger partial charge on any atom is -0.497 e. The highest BCUT2D eigenvalue weighted by Gasteiger charge is 2.11. The second-order valence-corrected chi connectivity index (χ2v) is 7.74. The molecule has 2 heterocycles. The van der Waals surface area contributed by atoms with Gasteiger partial charge in [0.1, 0.15) is 23.9 Å². The Labute approximate surface area is 193 Å². The van der Waals surface area contributed by atoms with Gasteiger partial charge in [0.2, 0.25) is 0 Å². The Morgan fingerprint density at radius 2 is 1.82 bits per heavy atom. The minimum absolute atomic E-state index is 0.168. The molecule has 33 heavy (non-hydrogen) atoms. The molecule has 172 valence electrons. The highest BCUT2D eigenvalue weighted by Crippen LogP contribution is 2.20. The lowest BCUT2D eigenvalue weighted by Gasteiger charge is -2.11. The molecule has 0 saturated carbocycles. The molecule has 2 aromatic carbocycles. The zero-order valence-electron chi connectivity index (χ0n) is 18.8. The first-order valence-corrected chi connectivity index (χ1v) is 11.3. The van der Waals surface area contributed by atoms with E-state index in [9.17, 15) is 4.79 Å². The molecule has 1 N–H and O–H groups in total. The van der Waals surface area contributed by atoms with Crippen molar-refractivity contribution in [3.05, 3.63) is 78.5 Å². The summed E-state index contributed by atoms with van der Waals surface area (Å²) in [6.07, 6.45) is 5.29. The van der Waals surface area contributed by atoms with E-state index in [-0.39, 0.29) is 5.91 Å². The molecule has 0 unspecified atom stereocenters. The number of ether oxygens (including phenoxy) is 2. The normalized spacial score (nSPS) is 10.9. The van der Waals surface area contributed by atoms with E-state index in [0.29, 0.717) is 18.9 Å². The average molecular weight is 448 g/mol. The highest BCUT2D eigenvalue weighted by atomic mass is 16.5. The molecular weight excluding hydrogens is 418 g/mol. The Bertz CT molecular complexity index is 1150. The predicted molar refractivity (Wildman–Crippen MR) is 127 cm³/mol. The third-order valence-electron chi connectivity index (χ3n) is 5.48. The number of aromatic nitrogens is 2. The maximum atomic E-state index is 11.9. The molecule has 0 spiro atoms. The number of furan rings is 1. The van der Waals surface area contributed by atoms with E-state index in [4.69, 9.17) is 18.9 Å². The quantitative estimate of drug-likeness (QED) is 0.314. The first-order chi connectivity index (χ1) is 16.2. The van der Waals surface area contributed by atoms with Crippen LogP contribution < -0.4 is 14.8 Å². The van der Waals surface area contributed by atoms with Crippen LogP contribution in [0.15, 0.2) is 71.3 Å². The standard InChI is InChI=1S/C26H29N3O4/c1-31-20-12-14-21(15-13-20)32-19-17-29-23-9-5-4-8-22(23)28-25(29)11-3-2-6-16-27-26(30)24-10-7-18-33-24/h4-5,7-10,12-15,18H,2-3,6,11,16-17,19H2,1H3,(H,27,30). The Morgan fingerprint density at radius 1 is 1.00 bits per heavy atom. The maximum Gasteiger partial charge on any atom is 0.286 e. The number of hydrogen-bond donors (Lipinski definition) is 1. The van der Waals surface area contributed by atoms with Gasteiger partial charge >= 0.3 is 0 Å². The Kier molecular flexibility index (Phi) is 7.64. The van der Waals surface area contributed by atoms with Gasteiger partial charge in [0.15, 0.2) is 5.76 Å². The molecule has 1 amide bonds. The summed E-state index contributed by atoms with van der Waals surface area (Å²) in [6.45, 7) is 1.91. The first-order valence-electron chi connectivity index (χ1n) is 11.3. The first kappa shape index (κ1) is 22.5. The number of hydrogen-bond acceptors (Lipinski definition) is 5. The number of amides is 1. The van der Waals surface area contributed by atoms with Gasteiger partial charge in [-0.2, -0.15) is 0 Å². The van der Waals surface area contributed by atoms with Crippen molar-refractivity contribution in [2.75, 3.05) is 20.3 Å². The number of para-hydroxylation sites is 2. The second kappa shape index (κ2) is 11.2.